The van der Waals surface area contributed by atoms with Crippen LogP contribution in [0.2, 0.25) is 0 Å². The number of carbonyl (C=O) groups excluding carboxylic acids is 4. The van der Waals surface area contributed by atoms with Crippen LogP contribution in [0.5, 0.6) is 0 Å². The van der Waals surface area contributed by atoms with Gasteiger partial charge >= 0.3 is 24.1 Å². The first kappa shape index (κ1) is 28.0. The van der Waals surface area contributed by atoms with E-state index < -0.39 is 29.7 Å². The lowest BCUT2D eigenvalue weighted by Gasteiger charge is -2.30. The summed E-state index contributed by atoms with van der Waals surface area (Å²) in [6, 6.07) is -0.982. The molecule has 2 aliphatic heterocycles. The predicted octanol–water partition coefficient (Wildman–Crippen LogP) is 2.08. The van der Waals surface area contributed by atoms with Crippen LogP contribution in [0.1, 0.15) is 65.7 Å². The van der Waals surface area contributed by atoms with Crippen molar-refractivity contribution < 1.29 is 33.5 Å². The van der Waals surface area contributed by atoms with E-state index in [0.29, 0.717) is 36.1 Å². The molecule has 0 bridgehead atoms. The van der Waals surface area contributed by atoms with Gasteiger partial charge in [0.1, 0.15) is 5.60 Å². The summed E-state index contributed by atoms with van der Waals surface area (Å²) in [6.07, 6.45) is 2.70. The Labute approximate surface area is 205 Å². The molecule has 0 saturated carbocycles. The Hall–Kier alpha value is -2.21. The largest absolute Gasteiger partial charge is 0.467 e. The van der Waals surface area contributed by atoms with Crippen molar-refractivity contribution in [3.8, 4) is 0 Å². The summed E-state index contributed by atoms with van der Waals surface area (Å²) in [5, 5.41) is 6.85. The number of ether oxygens (including phenoxy) is 2. The number of unbranched alkanes of at least 4 members (excludes halogenated alkanes) is 2. The van der Waals surface area contributed by atoms with Gasteiger partial charge in [0.05, 0.1) is 19.2 Å². The van der Waals surface area contributed by atoms with E-state index in [1.807, 2.05) is 11.8 Å². The molecule has 2 fully saturated rings. The zero-order valence-corrected chi connectivity index (χ0v) is 21.3. The van der Waals surface area contributed by atoms with Crippen molar-refractivity contribution in [2.45, 2.75) is 94.7 Å². The minimum atomic E-state index is -1.12. The van der Waals surface area contributed by atoms with E-state index in [1.165, 1.54) is 7.11 Å². The zero-order valence-electron chi connectivity index (χ0n) is 20.5. The maximum atomic E-state index is 12.8. The highest BCUT2D eigenvalue weighted by Gasteiger charge is 2.42. The molecule has 4 atom stereocenters. The van der Waals surface area contributed by atoms with Gasteiger partial charge in [0.25, 0.3) is 0 Å². The Morgan fingerprint density at radius 1 is 1.18 bits per heavy atom. The normalized spacial score (nSPS) is 22.3. The average Bonchev–Trinajstić information content (AvgIpc) is 3.30. The van der Waals surface area contributed by atoms with Crippen LogP contribution in [-0.2, 0) is 23.9 Å². The van der Waals surface area contributed by atoms with Gasteiger partial charge in [0.15, 0.2) is 6.04 Å². The molecular weight excluding hydrogens is 464 g/mol. The number of nitrogens with two attached hydrogens (primary N) is 1. The molecule has 2 heterocycles. The minimum absolute atomic E-state index is 0.0755. The van der Waals surface area contributed by atoms with Gasteiger partial charge < -0.3 is 30.7 Å². The Morgan fingerprint density at radius 3 is 2.56 bits per heavy atom. The van der Waals surface area contributed by atoms with E-state index >= 15 is 0 Å². The van der Waals surface area contributed by atoms with Crippen molar-refractivity contribution in [3.05, 3.63) is 0 Å². The van der Waals surface area contributed by atoms with E-state index in [0.717, 1.165) is 18.6 Å². The van der Waals surface area contributed by atoms with Crippen molar-refractivity contribution in [1.82, 2.24) is 15.7 Å². The first-order chi connectivity index (χ1) is 16.1. The molecule has 2 saturated heterocycles. The molecule has 11 nitrogen and oxygen atoms in total. The molecule has 0 radical (unpaired) electrons. The summed E-state index contributed by atoms with van der Waals surface area (Å²) in [5.74, 6) is -0.456. The minimum Gasteiger partial charge on any atom is -0.467 e. The van der Waals surface area contributed by atoms with Crippen LogP contribution in [0.4, 0.5) is 9.59 Å². The number of esters is 1. The molecule has 0 aromatic carbocycles. The van der Waals surface area contributed by atoms with Gasteiger partial charge in [-0.3, -0.25) is 0 Å². The SMILES string of the molecule is COC(=O)[C@H](CCCCN)N(OC(=O)CCCC[C@@H]1SC[C@@H]2NC(=O)N[C@@H]21)C(=O)OC(C)(C)C. The van der Waals surface area contributed by atoms with Crippen LogP contribution in [-0.4, -0.2) is 77.5 Å². The molecule has 0 aromatic rings. The lowest BCUT2D eigenvalue weighted by Crippen LogP contribution is -2.48. The first-order valence-corrected chi connectivity index (χ1v) is 12.8. The summed E-state index contributed by atoms with van der Waals surface area (Å²) in [6.45, 7) is 5.47. The van der Waals surface area contributed by atoms with Crippen LogP contribution >= 0.6 is 11.8 Å². The quantitative estimate of drug-likeness (QED) is 0.167. The van der Waals surface area contributed by atoms with Crippen LogP contribution < -0.4 is 16.4 Å². The number of urea groups is 1. The Bertz CT molecular complexity index is 731. The predicted molar refractivity (Wildman–Crippen MR) is 127 cm³/mol. The number of methoxy groups -OCH3 is 1. The third-order valence-corrected chi connectivity index (χ3v) is 7.03. The number of hydroxylamine groups is 2. The van der Waals surface area contributed by atoms with E-state index in [9.17, 15) is 19.2 Å². The first-order valence-electron chi connectivity index (χ1n) is 11.7. The van der Waals surface area contributed by atoms with Gasteiger partial charge in [-0.05, 0) is 59.4 Å². The van der Waals surface area contributed by atoms with Crippen molar-refractivity contribution in [3.63, 3.8) is 0 Å². The third kappa shape index (κ3) is 8.53. The summed E-state index contributed by atoms with van der Waals surface area (Å²) in [5.41, 5.74) is 4.69. The highest BCUT2D eigenvalue weighted by atomic mass is 32.2. The average molecular weight is 503 g/mol. The van der Waals surface area contributed by atoms with Crippen molar-refractivity contribution in [2.24, 2.45) is 5.73 Å². The van der Waals surface area contributed by atoms with Crippen LogP contribution in [0.15, 0.2) is 0 Å². The number of hydrogen-bond donors (Lipinski definition) is 3. The molecule has 0 aliphatic carbocycles. The summed E-state index contributed by atoms with van der Waals surface area (Å²) >= 11 is 1.81. The standard InChI is InChI=1S/C22H38N4O7S/c1-22(2,3)32-21(30)26(15(19(28)31-4)9-7-8-12-23)33-17(27)11-6-5-10-16-18-14(13-34-16)24-20(29)25-18/h14-16,18H,5-13,23H2,1-4H3,(H2,24,25,29)/t14-,15-,16-,18-/m0/s1. The number of rotatable bonds is 11. The Balaban J connectivity index is 1.92. The maximum absolute atomic E-state index is 12.8. The van der Waals surface area contributed by atoms with Gasteiger partial charge in [-0.25, -0.2) is 19.2 Å². The van der Waals surface area contributed by atoms with Gasteiger partial charge in [0, 0.05) is 17.4 Å². The molecule has 0 unspecified atom stereocenters. The van der Waals surface area contributed by atoms with Crippen molar-refractivity contribution >= 4 is 35.8 Å². The van der Waals surface area contributed by atoms with Gasteiger partial charge in [0.2, 0.25) is 0 Å². The van der Waals surface area contributed by atoms with Gasteiger partial charge in [-0.15, -0.1) is 5.06 Å². The third-order valence-electron chi connectivity index (χ3n) is 5.52. The Morgan fingerprint density at radius 2 is 1.91 bits per heavy atom. The molecule has 2 aliphatic rings. The topological polar surface area (TPSA) is 149 Å². The fourth-order valence-corrected chi connectivity index (χ4v) is 5.44. The Kier molecular flexibility index (Phi) is 10.7. The van der Waals surface area contributed by atoms with Crippen LogP contribution in [0.3, 0.4) is 0 Å². The fraction of sp³-hybridized carbons (Fsp3) is 0.818. The molecule has 0 spiro atoms. The van der Waals surface area contributed by atoms with Crippen LogP contribution in [0, 0.1) is 0 Å². The van der Waals surface area contributed by atoms with Crippen LogP contribution in [0.25, 0.3) is 0 Å². The number of nitrogens with zero attached hydrogens (tertiary/aromatic N) is 1. The maximum Gasteiger partial charge on any atom is 0.444 e. The number of carbonyl (C=O) groups is 4. The molecule has 3 amide bonds. The van der Waals surface area contributed by atoms with E-state index in [1.54, 1.807) is 20.8 Å². The number of fused-ring (bicyclic) bond motifs is 1. The lowest BCUT2D eigenvalue weighted by molar-refractivity contribution is -0.200. The second-order valence-electron chi connectivity index (χ2n) is 9.46. The van der Waals surface area contributed by atoms with Crippen molar-refractivity contribution in [1.29, 1.82) is 0 Å². The molecule has 0 aromatic heterocycles. The number of amides is 3. The molecular formula is C22H38N4O7S. The number of hydrogen-bond acceptors (Lipinski definition) is 9. The van der Waals surface area contributed by atoms with E-state index in [4.69, 9.17) is 20.0 Å². The second-order valence-corrected chi connectivity index (χ2v) is 10.7. The molecule has 34 heavy (non-hydrogen) atoms. The van der Waals surface area contributed by atoms with Gasteiger partial charge in [-0.2, -0.15) is 11.8 Å². The number of thioether (sulfide) groups is 1. The van der Waals surface area contributed by atoms with Crippen molar-refractivity contribution in [2.75, 3.05) is 19.4 Å². The summed E-state index contributed by atoms with van der Waals surface area (Å²) in [4.78, 5) is 54.6. The van der Waals surface area contributed by atoms with E-state index in [-0.39, 0.29) is 31.0 Å². The molecule has 4 N–H and O–H groups in total. The highest BCUT2D eigenvalue weighted by molar-refractivity contribution is 8.00. The van der Waals surface area contributed by atoms with Gasteiger partial charge in [-0.1, -0.05) is 6.42 Å². The molecule has 12 heteroatoms. The van der Waals surface area contributed by atoms with E-state index in [2.05, 4.69) is 10.6 Å². The summed E-state index contributed by atoms with van der Waals surface area (Å²) < 4.78 is 10.2. The highest BCUT2D eigenvalue weighted by Crippen LogP contribution is 2.33. The monoisotopic (exact) mass is 502 g/mol. The molecule has 194 valence electrons. The lowest BCUT2D eigenvalue weighted by atomic mass is 10.0. The number of nitrogens with one attached hydrogen (secondary N) is 2. The zero-order chi connectivity index (χ0) is 25.3. The molecule has 2 rings (SSSR count). The second kappa shape index (κ2) is 13.0. The fourth-order valence-electron chi connectivity index (χ4n) is 3.90. The summed E-state index contributed by atoms with van der Waals surface area (Å²) in [7, 11) is 1.21. The smallest absolute Gasteiger partial charge is 0.444 e.